The first-order chi connectivity index (χ1) is 12.3. The number of hydrogen-bond donors (Lipinski definition) is 0. The molecule has 5 rings (SSSR count). The maximum atomic E-state index is 5.61. The summed E-state index contributed by atoms with van der Waals surface area (Å²) in [5.41, 5.74) is 1.96. The molecule has 3 fully saturated rings. The molecule has 1 saturated heterocycles. The molecule has 1 aromatic carbocycles. The fourth-order valence-electron chi connectivity index (χ4n) is 6.91. The monoisotopic (exact) mass is 338 g/mol. The van der Waals surface area contributed by atoms with Crippen LogP contribution in [-0.2, 0) is 10.2 Å². The predicted molar refractivity (Wildman–Crippen MR) is 101 cm³/mol. The number of morpholine rings is 1. The number of aliphatic imine (C=N–C) groups is 1. The molecule has 0 amide bonds. The highest BCUT2D eigenvalue weighted by atomic mass is 16.5. The Hall–Kier alpha value is -1.35. The van der Waals surface area contributed by atoms with Crippen LogP contribution in [0.2, 0.25) is 0 Å². The van der Waals surface area contributed by atoms with Crippen LogP contribution in [0, 0.1) is 11.8 Å². The number of rotatable bonds is 2. The zero-order chi connectivity index (χ0) is 16.9. The Bertz CT molecular complexity index is 666. The molecule has 2 saturated carbocycles. The molecule has 0 radical (unpaired) electrons. The van der Waals surface area contributed by atoms with Gasteiger partial charge in [-0.3, -0.25) is 4.99 Å². The molecule has 2 aliphatic heterocycles. The van der Waals surface area contributed by atoms with Gasteiger partial charge in [-0.1, -0.05) is 37.3 Å². The molecule has 2 aliphatic carbocycles. The van der Waals surface area contributed by atoms with Crippen LogP contribution >= 0.6 is 0 Å². The van der Waals surface area contributed by atoms with Gasteiger partial charge in [0, 0.05) is 24.9 Å². The van der Waals surface area contributed by atoms with Crippen LogP contribution in [0.4, 0.5) is 0 Å². The smallest absolute Gasteiger partial charge is 0.0998 e. The van der Waals surface area contributed by atoms with Gasteiger partial charge in [0.25, 0.3) is 0 Å². The summed E-state index contributed by atoms with van der Waals surface area (Å²) in [5, 5.41) is 0. The second kappa shape index (κ2) is 5.84. The van der Waals surface area contributed by atoms with Crippen LogP contribution in [-0.4, -0.2) is 42.6 Å². The van der Waals surface area contributed by atoms with Gasteiger partial charge in [-0.15, -0.1) is 0 Å². The second-order valence-corrected chi connectivity index (χ2v) is 8.45. The summed E-state index contributed by atoms with van der Waals surface area (Å²) < 4.78 is 5.56. The Morgan fingerprint density at radius 3 is 2.64 bits per heavy atom. The maximum absolute atomic E-state index is 5.61. The van der Waals surface area contributed by atoms with Crippen molar-refractivity contribution in [3.05, 3.63) is 35.9 Å². The SMILES string of the molecule is CCC1(c2ccccc2)C2CCC(C2)C12CCC(N1CCOCC1)=N2. The summed E-state index contributed by atoms with van der Waals surface area (Å²) in [5.74, 6) is 2.98. The van der Waals surface area contributed by atoms with Crippen molar-refractivity contribution in [3.8, 4) is 0 Å². The van der Waals surface area contributed by atoms with Gasteiger partial charge in [-0.2, -0.15) is 0 Å². The minimum atomic E-state index is 0.152. The normalized spacial score (nSPS) is 40.0. The van der Waals surface area contributed by atoms with E-state index in [0.717, 1.165) is 44.6 Å². The van der Waals surface area contributed by atoms with Crippen molar-refractivity contribution in [1.82, 2.24) is 4.90 Å². The summed E-state index contributed by atoms with van der Waals surface area (Å²) >= 11 is 0. The van der Waals surface area contributed by atoms with Gasteiger partial charge in [0.2, 0.25) is 0 Å². The van der Waals surface area contributed by atoms with Crippen molar-refractivity contribution in [2.24, 2.45) is 16.8 Å². The van der Waals surface area contributed by atoms with E-state index in [1.54, 1.807) is 5.56 Å². The number of ether oxygens (including phenoxy) is 1. The zero-order valence-electron chi connectivity index (χ0n) is 15.4. The maximum Gasteiger partial charge on any atom is 0.0998 e. The lowest BCUT2D eigenvalue weighted by Crippen LogP contribution is -2.53. The van der Waals surface area contributed by atoms with E-state index < -0.39 is 0 Å². The third-order valence-electron chi connectivity index (χ3n) is 7.86. The molecule has 0 N–H and O–H groups in total. The average Bonchev–Trinajstić information content (AvgIpc) is 3.39. The Balaban J connectivity index is 1.60. The lowest BCUT2D eigenvalue weighted by molar-refractivity contribution is 0.0672. The Morgan fingerprint density at radius 1 is 1.12 bits per heavy atom. The van der Waals surface area contributed by atoms with Crippen molar-refractivity contribution in [2.75, 3.05) is 26.3 Å². The third kappa shape index (κ3) is 2.05. The topological polar surface area (TPSA) is 24.8 Å². The molecule has 2 bridgehead atoms. The molecule has 4 aliphatic rings. The zero-order valence-corrected chi connectivity index (χ0v) is 15.4. The summed E-state index contributed by atoms with van der Waals surface area (Å²) in [6, 6.07) is 11.4. The van der Waals surface area contributed by atoms with Crippen LogP contribution in [0.25, 0.3) is 0 Å². The van der Waals surface area contributed by atoms with Crippen LogP contribution < -0.4 is 0 Å². The Labute approximate surface area is 151 Å². The summed E-state index contributed by atoms with van der Waals surface area (Å²) in [7, 11) is 0. The lowest BCUT2D eigenvalue weighted by Gasteiger charge is -2.50. The first-order valence-electron chi connectivity index (χ1n) is 10.3. The predicted octanol–water partition coefficient (Wildman–Crippen LogP) is 4.03. The highest BCUT2D eigenvalue weighted by molar-refractivity contribution is 5.85. The van der Waals surface area contributed by atoms with Crippen molar-refractivity contribution in [3.63, 3.8) is 0 Å². The van der Waals surface area contributed by atoms with E-state index in [4.69, 9.17) is 9.73 Å². The molecule has 3 nitrogen and oxygen atoms in total. The lowest BCUT2D eigenvalue weighted by atomic mass is 9.56. The van der Waals surface area contributed by atoms with Crippen molar-refractivity contribution < 1.29 is 4.74 Å². The van der Waals surface area contributed by atoms with E-state index in [-0.39, 0.29) is 11.0 Å². The third-order valence-corrected chi connectivity index (χ3v) is 7.86. The van der Waals surface area contributed by atoms with E-state index >= 15 is 0 Å². The Morgan fingerprint density at radius 2 is 1.88 bits per heavy atom. The molecule has 4 atom stereocenters. The molecule has 1 spiro atoms. The molecule has 0 aromatic heterocycles. The van der Waals surface area contributed by atoms with E-state index in [1.165, 1.54) is 37.9 Å². The molecule has 134 valence electrons. The van der Waals surface area contributed by atoms with Crippen LogP contribution in [0.1, 0.15) is 51.0 Å². The molecule has 2 heterocycles. The van der Waals surface area contributed by atoms with Crippen LogP contribution in [0.3, 0.4) is 0 Å². The van der Waals surface area contributed by atoms with Gasteiger partial charge in [0.05, 0.1) is 24.6 Å². The molecule has 3 heteroatoms. The number of benzene rings is 1. The quantitative estimate of drug-likeness (QED) is 0.813. The fraction of sp³-hybridized carbons (Fsp3) is 0.682. The molecular weight excluding hydrogens is 308 g/mol. The van der Waals surface area contributed by atoms with Gasteiger partial charge in [-0.25, -0.2) is 0 Å². The first-order valence-corrected chi connectivity index (χ1v) is 10.3. The molecule has 4 unspecified atom stereocenters. The summed E-state index contributed by atoms with van der Waals surface area (Å²) in [6.07, 6.45) is 7.82. The van der Waals surface area contributed by atoms with E-state index in [9.17, 15) is 0 Å². The number of amidine groups is 1. The van der Waals surface area contributed by atoms with Gasteiger partial charge >= 0.3 is 0 Å². The minimum absolute atomic E-state index is 0.152. The minimum Gasteiger partial charge on any atom is -0.378 e. The van der Waals surface area contributed by atoms with Gasteiger partial charge in [-0.05, 0) is 49.5 Å². The standard InChI is InChI=1S/C22H30N2O/c1-2-21(17-6-4-3-5-7-17)18-8-9-19(16-18)22(21)11-10-20(23-22)24-12-14-25-15-13-24/h3-7,18-19H,2,8-16H2,1H3. The molecule has 1 aromatic rings. The van der Waals surface area contributed by atoms with Crippen molar-refractivity contribution >= 4 is 5.84 Å². The summed E-state index contributed by atoms with van der Waals surface area (Å²) in [6.45, 7) is 6.17. The van der Waals surface area contributed by atoms with E-state index in [1.807, 2.05) is 0 Å². The van der Waals surface area contributed by atoms with Crippen molar-refractivity contribution in [2.45, 2.75) is 56.4 Å². The molecular formula is C22H30N2O. The molecule has 25 heavy (non-hydrogen) atoms. The fourth-order valence-corrected chi connectivity index (χ4v) is 6.91. The first kappa shape index (κ1) is 15.9. The second-order valence-electron chi connectivity index (χ2n) is 8.45. The summed E-state index contributed by atoms with van der Waals surface area (Å²) in [4.78, 5) is 8.12. The number of nitrogens with zero attached hydrogens (tertiary/aromatic N) is 2. The highest BCUT2D eigenvalue weighted by Gasteiger charge is 2.68. The number of fused-ring (bicyclic) bond motifs is 3. The van der Waals surface area contributed by atoms with Gasteiger partial charge in [0.1, 0.15) is 0 Å². The van der Waals surface area contributed by atoms with Gasteiger partial charge in [0.15, 0.2) is 0 Å². The highest BCUT2D eigenvalue weighted by Crippen LogP contribution is 2.68. The Kier molecular flexibility index (Phi) is 3.70. The van der Waals surface area contributed by atoms with Crippen molar-refractivity contribution in [1.29, 1.82) is 0 Å². The number of hydrogen-bond acceptors (Lipinski definition) is 3. The van der Waals surface area contributed by atoms with Crippen LogP contribution in [0.15, 0.2) is 35.3 Å². The van der Waals surface area contributed by atoms with Gasteiger partial charge < -0.3 is 9.64 Å². The largest absolute Gasteiger partial charge is 0.378 e. The van der Waals surface area contributed by atoms with Crippen LogP contribution in [0.5, 0.6) is 0 Å². The van der Waals surface area contributed by atoms with E-state index in [2.05, 4.69) is 42.2 Å². The van der Waals surface area contributed by atoms with E-state index in [0.29, 0.717) is 0 Å². The average molecular weight is 338 g/mol.